The molecule has 2 fully saturated rings. The molecule has 7 heteroatoms. The van der Waals surface area contributed by atoms with Gasteiger partial charge in [-0.2, -0.15) is 0 Å². The number of hydrogen-bond donors (Lipinski definition) is 3. The normalized spacial score (nSPS) is 23.8. The summed E-state index contributed by atoms with van der Waals surface area (Å²) in [5, 5.41) is 5.82. The van der Waals surface area contributed by atoms with Crippen molar-refractivity contribution in [1.82, 2.24) is 15.5 Å². The lowest BCUT2D eigenvalue weighted by Crippen LogP contribution is -2.52. The summed E-state index contributed by atoms with van der Waals surface area (Å²) in [6, 6.07) is 5.29. The van der Waals surface area contributed by atoms with Crippen molar-refractivity contribution in [2.75, 3.05) is 13.1 Å². The van der Waals surface area contributed by atoms with E-state index in [2.05, 4.69) is 10.6 Å². The molecule has 0 bridgehead atoms. The monoisotopic (exact) mass is 370 g/mol. The second-order valence-corrected chi connectivity index (χ2v) is 8.01. The number of hydrogen-bond acceptors (Lipinski definition) is 5. The van der Waals surface area contributed by atoms with Crippen molar-refractivity contribution in [3.63, 3.8) is 0 Å². The maximum Gasteiger partial charge on any atom is 0.255 e. The molecule has 3 aliphatic rings. The molecule has 144 valence electrons. The summed E-state index contributed by atoms with van der Waals surface area (Å²) < 4.78 is 0. The van der Waals surface area contributed by atoms with Gasteiger partial charge in [0.05, 0.1) is 0 Å². The van der Waals surface area contributed by atoms with Crippen LogP contribution in [0.2, 0.25) is 0 Å². The summed E-state index contributed by atoms with van der Waals surface area (Å²) in [5.74, 6) is -0.758. The van der Waals surface area contributed by atoms with Gasteiger partial charge in [-0.3, -0.25) is 19.7 Å². The van der Waals surface area contributed by atoms with Gasteiger partial charge in [0.1, 0.15) is 6.04 Å². The van der Waals surface area contributed by atoms with Crippen molar-refractivity contribution in [2.24, 2.45) is 11.1 Å². The van der Waals surface area contributed by atoms with Gasteiger partial charge >= 0.3 is 0 Å². The first-order valence-corrected chi connectivity index (χ1v) is 9.69. The fourth-order valence-corrected chi connectivity index (χ4v) is 4.43. The van der Waals surface area contributed by atoms with Crippen LogP contribution in [0.3, 0.4) is 0 Å². The Labute approximate surface area is 158 Å². The zero-order valence-electron chi connectivity index (χ0n) is 15.4. The molecule has 1 aromatic rings. The maximum absolute atomic E-state index is 13.0. The summed E-state index contributed by atoms with van der Waals surface area (Å²) in [6.45, 7) is 2.58. The maximum atomic E-state index is 13.0. The van der Waals surface area contributed by atoms with Gasteiger partial charge < -0.3 is 16.0 Å². The van der Waals surface area contributed by atoms with Gasteiger partial charge in [-0.1, -0.05) is 24.6 Å². The standard InChI is InChI=1S/C20H26N4O3/c21-11-20(7-2-8-20)12-22-9-13-3-1-4-14-10-24(19(27)17(13)14)15-5-6-16(25)23-18(15)26/h1,3-4,15,22H,2,5-12,21H2,(H,23,25,26). The van der Waals surface area contributed by atoms with Crippen LogP contribution in [-0.4, -0.2) is 41.8 Å². The molecule has 0 spiro atoms. The van der Waals surface area contributed by atoms with Gasteiger partial charge in [-0.15, -0.1) is 0 Å². The Morgan fingerprint density at radius 2 is 2.07 bits per heavy atom. The lowest BCUT2D eigenvalue weighted by atomic mass is 9.69. The van der Waals surface area contributed by atoms with Crippen molar-refractivity contribution in [3.8, 4) is 0 Å². The Bertz CT molecular complexity index is 782. The minimum absolute atomic E-state index is 0.117. The number of rotatable bonds is 6. The molecule has 1 unspecified atom stereocenters. The summed E-state index contributed by atoms with van der Waals surface area (Å²) in [6.07, 6.45) is 4.21. The van der Waals surface area contributed by atoms with Crippen molar-refractivity contribution in [2.45, 2.75) is 51.2 Å². The van der Waals surface area contributed by atoms with E-state index in [1.165, 1.54) is 6.42 Å². The number of imide groups is 1. The zero-order chi connectivity index (χ0) is 19.0. The molecule has 1 aromatic carbocycles. The van der Waals surface area contributed by atoms with Crippen LogP contribution in [-0.2, 0) is 22.7 Å². The molecule has 1 saturated carbocycles. The number of amides is 3. The molecule has 0 aromatic heterocycles. The zero-order valence-corrected chi connectivity index (χ0v) is 15.4. The molecule has 7 nitrogen and oxygen atoms in total. The lowest BCUT2D eigenvalue weighted by molar-refractivity contribution is -0.136. The van der Waals surface area contributed by atoms with Gasteiger partial charge in [0.2, 0.25) is 11.8 Å². The molecule has 1 aliphatic carbocycles. The number of piperidine rings is 1. The predicted octanol–water partition coefficient (Wildman–Crippen LogP) is 0.666. The fraction of sp³-hybridized carbons (Fsp3) is 0.550. The molecule has 0 radical (unpaired) electrons. The highest BCUT2D eigenvalue weighted by Crippen LogP contribution is 2.39. The molecule has 2 aliphatic heterocycles. The van der Waals surface area contributed by atoms with Gasteiger partial charge in [0, 0.05) is 31.6 Å². The Kier molecular flexibility index (Phi) is 4.74. The minimum Gasteiger partial charge on any atom is -0.330 e. The van der Waals surface area contributed by atoms with Crippen LogP contribution in [0.5, 0.6) is 0 Å². The minimum atomic E-state index is -0.570. The number of nitrogens with zero attached hydrogens (tertiary/aromatic N) is 1. The van der Waals surface area contributed by atoms with Crippen LogP contribution in [0.4, 0.5) is 0 Å². The molecule has 27 heavy (non-hydrogen) atoms. The van der Waals surface area contributed by atoms with Crippen LogP contribution >= 0.6 is 0 Å². The van der Waals surface area contributed by atoms with Crippen LogP contribution in [0.25, 0.3) is 0 Å². The van der Waals surface area contributed by atoms with Crippen LogP contribution in [0, 0.1) is 5.41 Å². The Morgan fingerprint density at radius 3 is 2.74 bits per heavy atom. The summed E-state index contributed by atoms with van der Waals surface area (Å²) in [7, 11) is 0. The lowest BCUT2D eigenvalue weighted by Gasteiger charge is -2.41. The van der Waals surface area contributed by atoms with E-state index < -0.39 is 6.04 Å². The first-order valence-electron chi connectivity index (χ1n) is 9.69. The van der Waals surface area contributed by atoms with E-state index in [9.17, 15) is 14.4 Å². The van der Waals surface area contributed by atoms with E-state index in [0.717, 1.165) is 30.5 Å². The third-order valence-electron chi connectivity index (χ3n) is 6.30. The Hall–Kier alpha value is -2.25. The molecule has 3 amide bonds. The number of nitrogens with one attached hydrogen (secondary N) is 2. The fourth-order valence-electron chi connectivity index (χ4n) is 4.43. The van der Waals surface area contributed by atoms with E-state index in [4.69, 9.17) is 5.73 Å². The van der Waals surface area contributed by atoms with E-state index in [0.29, 0.717) is 31.6 Å². The van der Waals surface area contributed by atoms with E-state index >= 15 is 0 Å². The van der Waals surface area contributed by atoms with Crippen molar-refractivity contribution in [1.29, 1.82) is 0 Å². The predicted molar refractivity (Wildman–Crippen MR) is 99.5 cm³/mol. The third kappa shape index (κ3) is 3.26. The highest BCUT2D eigenvalue weighted by atomic mass is 16.2. The second-order valence-electron chi connectivity index (χ2n) is 8.01. The Morgan fingerprint density at radius 1 is 1.26 bits per heavy atom. The molecule has 4 N–H and O–H groups in total. The molecule has 4 rings (SSSR count). The first-order chi connectivity index (χ1) is 13.0. The second kappa shape index (κ2) is 7.05. The van der Waals surface area contributed by atoms with Gasteiger partial charge in [-0.25, -0.2) is 0 Å². The SMILES string of the molecule is NCC1(CNCc2cccc3c2C(=O)N(C2CCC(=O)NC2=O)C3)CCC1. The summed E-state index contributed by atoms with van der Waals surface area (Å²) >= 11 is 0. The molecule has 2 heterocycles. The average molecular weight is 370 g/mol. The van der Waals surface area contributed by atoms with Gasteiger partial charge in [-0.05, 0) is 42.3 Å². The number of nitrogens with two attached hydrogens (primary N) is 1. The molecular formula is C20H26N4O3. The van der Waals surface area contributed by atoms with Crippen molar-refractivity contribution in [3.05, 3.63) is 34.9 Å². The van der Waals surface area contributed by atoms with Gasteiger partial charge in [0.25, 0.3) is 5.91 Å². The molecule has 1 saturated heterocycles. The Balaban J connectivity index is 1.46. The summed E-state index contributed by atoms with van der Waals surface area (Å²) in [4.78, 5) is 38.2. The molecular weight excluding hydrogens is 344 g/mol. The van der Waals surface area contributed by atoms with Crippen molar-refractivity contribution < 1.29 is 14.4 Å². The quantitative estimate of drug-likeness (QED) is 0.639. The van der Waals surface area contributed by atoms with Gasteiger partial charge in [0.15, 0.2) is 0 Å². The van der Waals surface area contributed by atoms with Crippen LogP contribution in [0.1, 0.15) is 53.6 Å². The van der Waals surface area contributed by atoms with E-state index in [1.807, 2.05) is 18.2 Å². The van der Waals surface area contributed by atoms with Crippen LogP contribution in [0.15, 0.2) is 18.2 Å². The highest BCUT2D eigenvalue weighted by molar-refractivity contribution is 6.05. The topological polar surface area (TPSA) is 105 Å². The first kappa shape index (κ1) is 18.1. The number of benzene rings is 1. The number of carbonyl (C=O) groups is 3. The van der Waals surface area contributed by atoms with Crippen LogP contribution < -0.4 is 16.4 Å². The third-order valence-corrected chi connectivity index (χ3v) is 6.30. The smallest absolute Gasteiger partial charge is 0.255 e. The largest absolute Gasteiger partial charge is 0.330 e. The van der Waals surface area contributed by atoms with Crippen molar-refractivity contribution >= 4 is 17.7 Å². The average Bonchev–Trinajstić information content (AvgIpc) is 2.95. The highest BCUT2D eigenvalue weighted by Gasteiger charge is 2.40. The number of carbonyl (C=O) groups excluding carboxylic acids is 3. The number of fused-ring (bicyclic) bond motifs is 1. The summed E-state index contributed by atoms with van der Waals surface area (Å²) in [5.41, 5.74) is 8.73. The molecule has 1 atom stereocenters. The van der Waals surface area contributed by atoms with E-state index in [-0.39, 0.29) is 29.6 Å². The van der Waals surface area contributed by atoms with E-state index in [1.54, 1.807) is 4.90 Å².